The second kappa shape index (κ2) is 3.36. The highest BCUT2D eigenvalue weighted by atomic mass is 127. The summed E-state index contributed by atoms with van der Waals surface area (Å²) >= 11 is 7.50. The minimum Gasteiger partial charge on any atom is -0.477 e. The average Bonchev–Trinajstić information content (AvgIpc) is 1.94. The molecule has 1 aromatic heterocycles. The van der Waals surface area contributed by atoms with Gasteiger partial charge >= 0.3 is 5.97 Å². The summed E-state index contributed by atoms with van der Waals surface area (Å²) in [6.07, 6.45) is 0. The van der Waals surface area contributed by atoms with Crippen molar-refractivity contribution < 1.29 is 9.90 Å². The van der Waals surface area contributed by atoms with Crippen LogP contribution in [0.25, 0.3) is 0 Å². The summed E-state index contributed by atoms with van der Waals surface area (Å²) in [5.41, 5.74) is 0.0128. The third kappa shape index (κ3) is 2.03. The number of hydrogen-bond donors (Lipinski definition) is 1. The molecule has 0 spiro atoms. The van der Waals surface area contributed by atoms with Crippen LogP contribution < -0.4 is 0 Å². The molecule has 0 aliphatic carbocycles. The van der Waals surface area contributed by atoms with E-state index in [1.165, 1.54) is 12.1 Å². The number of aromatic carboxylic acids is 1. The standard InChI is InChI=1S/C6H3ClINO2/c7-3-1-2-4(6(10)11)9-5(3)8/h1-2H,(H,10,11). The third-order valence-corrected chi connectivity index (χ3v) is 2.47. The molecule has 0 fully saturated rings. The lowest BCUT2D eigenvalue weighted by Gasteiger charge is -1.95. The van der Waals surface area contributed by atoms with E-state index in [0.29, 0.717) is 8.72 Å². The average molecular weight is 283 g/mol. The molecule has 58 valence electrons. The van der Waals surface area contributed by atoms with Gasteiger partial charge in [-0.05, 0) is 34.7 Å². The van der Waals surface area contributed by atoms with Crippen molar-refractivity contribution in [3.8, 4) is 0 Å². The Balaban J connectivity index is 3.15. The van der Waals surface area contributed by atoms with Crippen molar-refractivity contribution in [1.29, 1.82) is 0 Å². The first kappa shape index (κ1) is 8.73. The van der Waals surface area contributed by atoms with Crippen molar-refractivity contribution in [2.45, 2.75) is 0 Å². The normalized spacial score (nSPS) is 9.64. The Morgan fingerprint density at radius 1 is 1.64 bits per heavy atom. The van der Waals surface area contributed by atoms with Crippen molar-refractivity contribution in [3.63, 3.8) is 0 Å². The number of carbonyl (C=O) groups is 1. The van der Waals surface area contributed by atoms with Gasteiger partial charge in [-0.2, -0.15) is 0 Å². The van der Waals surface area contributed by atoms with Crippen molar-refractivity contribution >= 4 is 40.2 Å². The smallest absolute Gasteiger partial charge is 0.354 e. The van der Waals surface area contributed by atoms with Gasteiger partial charge in [0.15, 0.2) is 0 Å². The molecule has 0 saturated carbocycles. The van der Waals surface area contributed by atoms with Crippen LogP contribution in [0.2, 0.25) is 5.02 Å². The van der Waals surface area contributed by atoms with E-state index in [0.717, 1.165) is 0 Å². The predicted octanol–water partition coefficient (Wildman–Crippen LogP) is 2.04. The van der Waals surface area contributed by atoms with Crippen molar-refractivity contribution in [2.24, 2.45) is 0 Å². The minimum atomic E-state index is -1.04. The molecule has 0 bridgehead atoms. The van der Waals surface area contributed by atoms with E-state index in [9.17, 15) is 4.79 Å². The fraction of sp³-hybridized carbons (Fsp3) is 0. The lowest BCUT2D eigenvalue weighted by molar-refractivity contribution is 0.0690. The van der Waals surface area contributed by atoms with Crippen molar-refractivity contribution in [1.82, 2.24) is 4.98 Å². The molecule has 0 saturated heterocycles. The molecule has 0 radical (unpaired) electrons. The summed E-state index contributed by atoms with van der Waals surface area (Å²) in [4.78, 5) is 14.1. The van der Waals surface area contributed by atoms with Gasteiger partial charge in [-0.15, -0.1) is 0 Å². The molecule has 11 heavy (non-hydrogen) atoms. The molecule has 0 amide bonds. The Hall–Kier alpha value is -0.360. The molecule has 0 aliphatic rings. The lowest BCUT2D eigenvalue weighted by Crippen LogP contribution is -2.00. The molecule has 3 nitrogen and oxygen atoms in total. The first-order valence-corrected chi connectivity index (χ1v) is 4.12. The number of nitrogens with zero attached hydrogens (tertiary/aromatic N) is 1. The van der Waals surface area contributed by atoms with Crippen LogP contribution in [0.3, 0.4) is 0 Å². The molecule has 0 aromatic carbocycles. The molecule has 0 unspecified atom stereocenters. The molecular formula is C6H3ClINO2. The van der Waals surface area contributed by atoms with Crippen molar-refractivity contribution in [3.05, 3.63) is 26.5 Å². The van der Waals surface area contributed by atoms with Gasteiger partial charge in [0, 0.05) is 0 Å². The predicted molar refractivity (Wildman–Crippen MR) is 48.9 cm³/mol. The van der Waals surface area contributed by atoms with Crippen LogP contribution in [0.5, 0.6) is 0 Å². The number of hydrogen-bond acceptors (Lipinski definition) is 2. The topological polar surface area (TPSA) is 50.2 Å². The maximum atomic E-state index is 10.4. The van der Waals surface area contributed by atoms with E-state index in [1.807, 2.05) is 22.6 Å². The van der Waals surface area contributed by atoms with Crippen LogP contribution in [-0.4, -0.2) is 16.1 Å². The second-order valence-corrected chi connectivity index (χ2v) is 3.20. The summed E-state index contributed by atoms with van der Waals surface area (Å²) in [6.45, 7) is 0. The zero-order valence-corrected chi connectivity index (χ0v) is 8.13. The van der Waals surface area contributed by atoms with Crippen molar-refractivity contribution in [2.75, 3.05) is 0 Å². The fourth-order valence-corrected chi connectivity index (χ4v) is 1.08. The summed E-state index contributed by atoms with van der Waals surface area (Å²) in [5, 5.41) is 8.96. The van der Waals surface area contributed by atoms with Gasteiger partial charge in [-0.3, -0.25) is 0 Å². The number of rotatable bonds is 1. The Kier molecular flexibility index (Phi) is 2.67. The summed E-state index contributed by atoms with van der Waals surface area (Å²) in [7, 11) is 0. The third-order valence-electron chi connectivity index (χ3n) is 1.02. The van der Waals surface area contributed by atoms with Gasteiger partial charge in [-0.25, -0.2) is 9.78 Å². The minimum absolute atomic E-state index is 0.0128. The zero-order chi connectivity index (χ0) is 8.43. The van der Waals surface area contributed by atoms with Gasteiger partial charge < -0.3 is 5.11 Å². The van der Waals surface area contributed by atoms with E-state index in [-0.39, 0.29) is 5.69 Å². The second-order valence-electron chi connectivity index (χ2n) is 1.77. The van der Waals surface area contributed by atoms with Crippen LogP contribution in [-0.2, 0) is 0 Å². The van der Waals surface area contributed by atoms with Crippen LogP contribution in [0.15, 0.2) is 12.1 Å². The first-order valence-electron chi connectivity index (χ1n) is 2.66. The number of halogens is 2. The number of carboxylic acids is 1. The Bertz CT molecular complexity index is 303. The van der Waals surface area contributed by atoms with Gasteiger partial charge in [0.2, 0.25) is 0 Å². The van der Waals surface area contributed by atoms with E-state index in [4.69, 9.17) is 16.7 Å². The highest BCUT2D eigenvalue weighted by Gasteiger charge is 2.06. The van der Waals surface area contributed by atoms with Crippen LogP contribution >= 0.6 is 34.2 Å². The van der Waals surface area contributed by atoms with E-state index >= 15 is 0 Å². The van der Waals surface area contributed by atoms with Crippen LogP contribution in [0, 0.1) is 3.70 Å². The highest BCUT2D eigenvalue weighted by Crippen LogP contribution is 2.15. The Labute approximate surface area is 81.5 Å². The molecule has 0 atom stereocenters. The van der Waals surface area contributed by atoms with Crippen LogP contribution in [0.1, 0.15) is 10.5 Å². The lowest BCUT2D eigenvalue weighted by atomic mass is 10.4. The van der Waals surface area contributed by atoms with E-state index < -0.39 is 5.97 Å². The number of pyridine rings is 1. The van der Waals surface area contributed by atoms with Gasteiger partial charge in [0.05, 0.1) is 5.02 Å². The van der Waals surface area contributed by atoms with Gasteiger partial charge in [0.25, 0.3) is 0 Å². The largest absolute Gasteiger partial charge is 0.477 e. The molecule has 0 aliphatic heterocycles. The summed E-state index contributed by atoms with van der Waals surface area (Å²) < 4.78 is 0.504. The van der Waals surface area contributed by atoms with E-state index in [2.05, 4.69) is 4.98 Å². The maximum Gasteiger partial charge on any atom is 0.354 e. The van der Waals surface area contributed by atoms with E-state index in [1.54, 1.807) is 0 Å². The zero-order valence-electron chi connectivity index (χ0n) is 5.21. The summed E-state index contributed by atoms with van der Waals surface area (Å²) in [5.74, 6) is -1.04. The number of carboxylic acid groups (broad SMARTS) is 1. The first-order chi connectivity index (χ1) is 5.11. The molecule has 1 heterocycles. The van der Waals surface area contributed by atoms with Crippen LogP contribution in [0.4, 0.5) is 0 Å². The fourth-order valence-electron chi connectivity index (χ4n) is 0.536. The van der Waals surface area contributed by atoms with Gasteiger partial charge in [0.1, 0.15) is 9.39 Å². The molecular weight excluding hydrogens is 280 g/mol. The number of aromatic nitrogens is 1. The quantitative estimate of drug-likeness (QED) is 0.634. The monoisotopic (exact) mass is 283 g/mol. The summed E-state index contributed by atoms with van der Waals surface area (Å²) in [6, 6.07) is 2.88. The molecule has 1 aromatic rings. The molecule has 1 rings (SSSR count). The van der Waals surface area contributed by atoms with Gasteiger partial charge in [-0.1, -0.05) is 11.6 Å². The Morgan fingerprint density at radius 2 is 2.27 bits per heavy atom. The molecule has 5 heteroatoms. The SMILES string of the molecule is O=C(O)c1ccc(Cl)c(I)n1. The Morgan fingerprint density at radius 3 is 2.73 bits per heavy atom. The maximum absolute atomic E-state index is 10.4. The highest BCUT2D eigenvalue weighted by molar-refractivity contribution is 14.1. The molecule has 1 N–H and O–H groups in total.